The Labute approximate surface area is 274 Å². The Kier molecular flexibility index (Phi) is 13.6. The number of thiophene rings is 1. The molecule has 0 saturated carbocycles. The van der Waals surface area contributed by atoms with E-state index in [0.29, 0.717) is 18.9 Å². The first kappa shape index (κ1) is 35.6. The van der Waals surface area contributed by atoms with Gasteiger partial charge in [-0.05, 0) is 92.4 Å². The fourth-order valence-corrected chi connectivity index (χ4v) is 6.37. The molecule has 0 radical (unpaired) electrons. The van der Waals surface area contributed by atoms with Crippen LogP contribution in [0.4, 0.5) is 18.9 Å². The predicted molar refractivity (Wildman–Crippen MR) is 180 cm³/mol. The van der Waals surface area contributed by atoms with Crippen molar-refractivity contribution < 1.29 is 27.4 Å². The predicted octanol–water partition coefficient (Wildman–Crippen LogP) is 7.51. The van der Waals surface area contributed by atoms with Crippen molar-refractivity contribution in [2.45, 2.75) is 64.2 Å². The van der Waals surface area contributed by atoms with Crippen molar-refractivity contribution >= 4 is 22.9 Å². The zero-order valence-corrected chi connectivity index (χ0v) is 27.8. The van der Waals surface area contributed by atoms with E-state index in [2.05, 4.69) is 20.9 Å². The van der Waals surface area contributed by atoms with Gasteiger partial charge in [-0.3, -0.25) is 10.1 Å². The van der Waals surface area contributed by atoms with Gasteiger partial charge in [0.1, 0.15) is 17.5 Å². The quantitative estimate of drug-likeness (QED) is 0.123. The van der Waals surface area contributed by atoms with Gasteiger partial charge in [-0.25, -0.2) is 0 Å². The zero-order valence-electron chi connectivity index (χ0n) is 27.0. The van der Waals surface area contributed by atoms with Crippen LogP contribution in [0.25, 0.3) is 10.4 Å². The molecule has 1 fully saturated rings. The molecule has 2 heterocycles. The number of rotatable bonds is 18. The summed E-state index contributed by atoms with van der Waals surface area (Å²) < 4.78 is 54.3. The molecule has 0 bridgehead atoms. The fraction of sp³-hybridized carbons (Fsp3) is 0.514. The first-order valence-electron chi connectivity index (χ1n) is 16.2. The molecule has 0 spiro atoms. The Balaban J connectivity index is 1.27. The van der Waals surface area contributed by atoms with Gasteiger partial charge < -0.3 is 25.0 Å². The number of alkyl halides is 3. The molecule has 0 aliphatic carbocycles. The van der Waals surface area contributed by atoms with E-state index in [1.165, 1.54) is 49.4 Å². The van der Waals surface area contributed by atoms with Crippen molar-refractivity contribution in [2.24, 2.45) is 5.92 Å². The lowest BCUT2D eigenvalue weighted by molar-refractivity contribution is -0.161. The van der Waals surface area contributed by atoms with Gasteiger partial charge in [0.2, 0.25) is 5.91 Å². The first-order chi connectivity index (χ1) is 22.1. The Morgan fingerprint density at radius 3 is 2.43 bits per heavy atom. The fourth-order valence-electron chi connectivity index (χ4n) is 5.63. The Bertz CT molecular complexity index is 1330. The standard InChI is InChI=1S/C35H47F3N4O3S/c1-25(2)23-30(41-33(35(36,37)38)27-12-10-26(11-13-27)32-9-8-22-46-32)34(43)40-17-16-39-29-15-14-28(24-31(29)44-3)45-21-7-6-20-42-18-4-5-19-42/h8-15,22,24-25,30,33,39,41H,4-7,16-21,23H2,1-3H3,(H,40,43). The molecular formula is C35H47F3N4O3S. The van der Waals surface area contributed by atoms with Crippen molar-refractivity contribution in [3.05, 3.63) is 65.5 Å². The summed E-state index contributed by atoms with van der Waals surface area (Å²) >= 11 is 1.53. The maximum absolute atomic E-state index is 14.3. The number of amides is 1. The maximum Gasteiger partial charge on any atom is 0.407 e. The molecule has 1 aliphatic heterocycles. The Morgan fingerprint density at radius 1 is 1.02 bits per heavy atom. The Hall–Kier alpha value is -3.28. The number of likely N-dealkylation sites (tertiary alicyclic amines) is 1. The number of hydrogen-bond acceptors (Lipinski definition) is 7. The van der Waals surface area contributed by atoms with Gasteiger partial charge in [-0.1, -0.05) is 44.2 Å². The smallest absolute Gasteiger partial charge is 0.407 e. The largest absolute Gasteiger partial charge is 0.494 e. The number of unbranched alkanes of at least 4 members (excludes halogenated alkanes) is 1. The van der Waals surface area contributed by atoms with E-state index in [9.17, 15) is 18.0 Å². The second-order valence-electron chi connectivity index (χ2n) is 12.1. The summed E-state index contributed by atoms with van der Waals surface area (Å²) in [6, 6.07) is 12.7. The number of carbonyl (C=O) groups excluding carboxylic acids is 1. The highest BCUT2D eigenvalue weighted by Crippen LogP contribution is 2.35. The molecule has 4 rings (SSSR count). The highest BCUT2D eigenvalue weighted by Gasteiger charge is 2.43. The van der Waals surface area contributed by atoms with Crippen LogP contribution in [0.2, 0.25) is 0 Å². The molecule has 2 atom stereocenters. The van der Waals surface area contributed by atoms with Crippen molar-refractivity contribution in [2.75, 3.05) is 51.8 Å². The number of hydrogen-bond donors (Lipinski definition) is 3. The molecule has 1 aliphatic rings. The van der Waals surface area contributed by atoms with Gasteiger partial charge >= 0.3 is 6.18 Å². The number of benzene rings is 2. The Morgan fingerprint density at radius 2 is 1.78 bits per heavy atom. The minimum Gasteiger partial charge on any atom is -0.494 e. The highest BCUT2D eigenvalue weighted by atomic mass is 32.1. The topological polar surface area (TPSA) is 74.9 Å². The van der Waals surface area contributed by atoms with E-state index in [-0.39, 0.29) is 24.4 Å². The third-order valence-corrected chi connectivity index (χ3v) is 8.94. The van der Waals surface area contributed by atoms with Crippen LogP contribution in [0.1, 0.15) is 57.6 Å². The number of ether oxygens (including phenoxy) is 2. The van der Waals surface area contributed by atoms with Crippen LogP contribution in [-0.4, -0.2) is 69.5 Å². The highest BCUT2D eigenvalue weighted by molar-refractivity contribution is 7.13. The number of carbonyl (C=O) groups is 1. The maximum atomic E-state index is 14.3. The SMILES string of the molecule is COc1cc(OCCCCN2CCCC2)ccc1NCCNC(=O)C(CC(C)C)NC(c1ccc(-c2cccs2)cc1)C(F)(F)F. The molecule has 3 N–H and O–H groups in total. The minimum absolute atomic E-state index is 0.00605. The molecule has 1 saturated heterocycles. The van der Waals surface area contributed by atoms with Crippen LogP contribution in [0.5, 0.6) is 11.5 Å². The lowest BCUT2D eigenvalue weighted by Crippen LogP contribution is -2.50. The molecule has 1 amide bonds. The number of nitrogens with one attached hydrogen (secondary N) is 3. The molecular weight excluding hydrogens is 613 g/mol. The first-order valence-corrected chi connectivity index (χ1v) is 17.0. The monoisotopic (exact) mass is 660 g/mol. The average molecular weight is 661 g/mol. The van der Waals surface area contributed by atoms with Crippen molar-refractivity contribution in [3.8, 4) is 21.9 Å². The van der Waals surface area contributed by atoms with Gasteiger partial charge in [0, 0.05) is 24.0 Å². The van der Waals surface area contributed by atoms with Crippen LogP contribution >= 0.6 is 11.3 Å². The lowest BCUT2D eigenvalue weighted by Gasteiger charge is -2.28. The zero-order chi connectivity index (χ0) is 32.9. The summed E-state index contributed by atoms with van der Waals surface area (Å²) in [5.74, 6) is 0.866. The van der Waals surface area contributed by atoms with Crippen LogP contribution in [-0.2, 0) is 4.79 Å². The van der Waals surface area contributed by atoms with E-state index in [1.807, 2.05) is 49.6 Å². The lowest BCUT2D eigenvalue weighted by atomic mass is 9.98. The van der Waals surface area contributed by atoms with Gasteiger partial charge in [0.05, 0.1) is 25.4 Å². The number of anilines is 1. The van der Waals surface area contributed by atoms with Gasteiger partial charge in [0.25, 0.3) is 0 Å². The molecule has 252 valence electrons. The molecule has 1 aromatic heterocycles. The normalized spacial score (nSPS) is 15.1. The third kappa shape index (κ3) is 10.9. The number of halogens is 3. The molecule has 3 aromatic rings. The van der Waals surface area contributed by atoms with Crippen LogP contribution in [0, 0.1) is 5.92 Å². The van der Waals surface area contributed by atoms with Crippen molar-refractivity contribution in [1.29, 1.82) is 0 Å². The van der Waals surface area contributed by atoms with Crippen LogP contribution in [0.15, 0.2) is 60.0 Å². The van der Waals surface area contributed by atoms with E-state index >= 15 is 0 Å². The summed E-state index contributed by atoms with van der Waals surface area (Å²) in [7, 11) is 1.58. The second-order valence-corrected chi connectivity index (χ2v) is 13.1. The van der Waals surface area contributed by atoms with Gasteiger partial charge in [-0.15, -0.1) is 11.3 Å². The van der Waals surface area contributed by atoms with Crippen LogP contribution < -0.4 is 25.4 Å². The van der Waals surface area contributed by atoms with Crippen LogP contribution in [0.3, 0.4) is 0 Å². The third-order valence-electron chi connectivity index (χ3n) is 8.02. The average Bonchev–Trinajstić information content (AvgIpc) is 3.76. The summed E-state index contributed by atoms with van der Waals surface area (Å²) in [5.41, 5.74) is 1.65. The summed E-state index contributed by atoms with van der Waals surface area (Å²) in [6.07, 6.45) is 0.364. The number of nitrogens with zero attached hydrogens (tertiary/aromatic N) is 1. The van der Waals surface area contributed by atoms with Crippen molar-refractivity contribution in [1.82, 2.24) is 15.5 Å². The van der Waals surface area contributed by atoms with Gasteiger partial charge in [0.15, 0.2) is 0 Å². The molecule has 2 unspecified atom stereocenters. The number of methoxy groups -OCH3 is 1. The summed E-state index contributed by atoms with van der Waals surface area (Å²) in [4.78, 5) is 16.7. The molecule has 2 aromatic carbocycles. The second kappa shape index (κ2) is 17.6. The summed E-state index contributed by atoms with van der Waals surface area (Å²) in [5, 5.41) is 10.6. The van der Waals surface area contributed by atoms with E-state index in [4.69, 9.17) is 9.47 Å². The van der Waals surface area contributed by atoms with Crippen molar-refractivity contribution in [3.63, 3.8) is 0 Å². The molecule has 7 nitrogen and oxygen atoms in total. The molecule has 46 heavy (non-hydrogen) atoms. The molecule has 11 heteroatoms. The summed E-state index contributed by atoms with van der Waals surface area (Å²) in [6.45, 7) is 8.52. The van der Waals surface area contributed by atoms with Gasteiger partial charge in [-0.2, -0.15) is 13.2 Å². The van der Waals surface area contributed by atoms with E-state index in [1.54, 1.807) is 19.2 Å². The minimum atomic E-state index is -4.58. The van der Waals surface area contributed by atoms with E-state index < -0.39 is 24.2 Å². The van der Waals surface area contributed by atoms with E-state index in [0.717, 1.165) is 41.3 Å².